The molecule has 1 aromatic rings. The van der Waals surface area contributed by atoms with Crippen molar-refractivity contribution in [2.24, 2.45) is 0 Å². The summed E-state index contributed by atoms with van der Waals surface area (Å²) in [6.45, 7) is 7.57. The number of anilines is 1. The van der Waals surface area contributed by atoms with Gasteiger partial charge in [0.15, 0.2) is 0 Å². The van der Waals surface area contributed by atoms with E-state index in [1.165, 1.54) is 12.8 Å². The number of aromatic nitrogens is 2. The molecular formula is C14H24N4O. The Morgan fingerprint density at radius 1 is 1.37 bits per heavy atom. The van der Waals surface area contributed by atoms with Crippen LogP contribution in [0.25, 0.3) is 0 Å². The van der Waals surface area contributed by atoms with E-state index in [-0.39, 0.29) is 5.92 Å². The van der Waals surface area contributed by atoms with Crippen LogP contribution < -0.4 is 10.5 Å². The van der Waals surface area contributed by atoms with E-state index in [9.17, 15) is 0 Å². The molecule has 2 N–H and O–H groups in total. The molecule has 106 valence electrons. The maximum atomic E-state index is 5.91. The second-order valence-electron chi connectivity index (χ2n) is 5.61. The van der Waals surface area contributed by atoms with Gasteiger partial charge in [-0.25, -0.2) is 4.98 Å². The van der Waals surface area contributed by atoms with Gasteiger partial charge in [-0.3, -0.25) is 0 Å². The van der Waals surface area contributed by atoms with Crippen molar-refractivity contribution in [1.29, 1.82) is 0 Å². The van der Waals surface area contributed by atoms with Crippen LogP contribution in [0.1, 0.15) is 44.0 Å². The van der Waals surface area contributed by atoms with Crippen LogP contribution in [0.5, 0.6) is 5.88 Å². The molecule has 1 aliphatic rings. The lowest BCUT2D eigenvalue weighted by molar-refractivity contribution is 0.225. The maximum absolute atomic E-state index is 5.91. The molecule has 0 unspecified atom stereocenters. The summed E-state index contributed by atoms with van der Waals surface area (Å²) in [5.74, 6) is 2.14. The first-order chi connectivity index (χ1) is 8.99. The summed E-state index contributed by atoms with van der Waals surface area (Å²) in [4.78, 5) is 11.1. The number of ether oxygens (including phenoxy) is 1. The van der Waals surface area contributed by atoms with Gasteiger partial charge in [0.1, 0.15) is 18.2 Å². The zero-order valence-corrected chi connectivity index (χ0v) is 12.3. The summed E-state index contributed by atoms with van der Waals surface area (Å²) in [5, 5.41) is 0. The van der Waals surface area contributed by atoms with Crippen molar-refractivity contribution < 1.29 is 4.74 Å². The summed E-state index contributed by atoms with van der Waals surface area (Å²) in [7, 11) is 2.14. The van der Waals surface area contributed by atoms with Crippen molar-refractivity contribution in [2.45, 2.75) is 45.6 Å². The molecular weight excluding hydrogens is 240 g/mol. The van der Waals surface area contributed by atoms with Crippen LogP contribution in [-0.4, -0.2) is 41.1 Å². The predicted molar refractivity (Wildman–Crippen MR) is 76.4 cm³/mol. The summed E-state index contributed by atoms with van der Waals surface area (Å²) >= 11 is 0. The molecule has 1 heterocycles. The summed E-state index contributed by atoms with van der Waals surface area (Å²) in [6, 6.07) is 0.756. The van der Waals surface area contributed by atoms with E-state index < -0.39 is 0 Å². The standard InChI is InChI=1S/C14H24N4O/c1-9(2)13-16-12(15)10(3)14(17-13)19-8-7-18(4)11-5-6-11/h9,11H,5-8H2,1-4H3,(H2,15,16,17). The average Bonchev–Trinajstić information content (AvgIpc) is 3.17. The topological polar surface area (TPSA) is 64.3 Å². The van der Waals surface area contributed by atoms with E-state index in [1.807, 2.05) is 6.92 Å². The predicted octanol–water partition coefficient (Wildman–Crippen LogP) is 1.96. The van der Waals surface area contributed by atoms with Crippen LogP contribution >= 0.6 is 0 Å². The van der Waals surface area contributed by atoms with Crippen LogP contribution in [0.4, 0.5) is 5.82 Å². The average molecular weight is 264 g/mol. The Hall–Kier alpha value is -1.36. The Balaban J connectivity index is 1.97. The highest BCUT2D eigenvalue weighted by Crippen LogP contribution is 2.25. The lowest BCUT2D eigenvalue weighted by Gasteiger charge is -2.17. The molecule has 5 heteroatoms. The summed E-state index contributed by atoms with van der Waals surface area (Å²) in [5.41, 5.74) is 6.74. The fraction of sp³-hybridized carbons (Fsp3) is 0.714. The third-order valence-corrected chi connectivity index (χ3v) is 3.53. The molecule has 0 saturated heterocycles. The number of likely N-dealkylation sites (N-methyl/N-ethyl adjacent to an activating group) is 1. The van der Waals surface area contributed by atoms with Gasteiger partial charge in [0.2, 0.25) is 5.88 Å². The van der Waals surface area contributed by atoms with Gasteiger partial charge in [-0.1, -0.05) is 13.8 Å². The number of nitrogens with two attached hydrogens (primary N) is 1. The van der Waals surface area contributed by atoms with Crippen LogP contribution in [0.2, 0.25) is 0 Å². The quantitative estimate of drug-likeness (QED) is 0.851. The van der Waals surface area contributed by atoms with Crippen molar-refractivity contribution in [1.82, 2.24) is 14.9 Å². The van der Waals surface area contributed by atoms with Crippen molar-refractivity contribution >= 4 is 5.82 Å². The van der Waals surface area contributed by atoms with Crippen molar-refractivity contribution in [3.63, 3.8) is 0 Å². The molecule has 19 heavy (non-hydrogen) atoms. The fourth-order valence-corrected chi connectivity index (χ4v) is 1.91. The van der Waals surface area contributed by atoms with Gasteiger partial charge in [-0.05, 0) is 26.8 Å². The van der Waals surface area contributed by atoms with Crippen molar-refractivity contribution in [3.8, 4) is 5.88 Å². The Labute approximate surface area is 115 Å². The molecule has 2 rings (SSSR count). The summed E-state index contributed by atoms with van der Waals surface area (Å²) < 4.78 is 5.78. The van der Waals surface area contributed by atoms with E-state index in [2.05, 4.69) is 35.8 Å². The van der Waals surface area contributed by atoms with Crippen LogP contribution in [0, 0.1) is 6.92 Å². The first-order valence-corrected chi connectivity index (χ1v) is 6.96. The molecule has 0 bridgehead atoms. The molecule has 1 saturated carbocycles. The van der Waals surface area contributed by atoms with Gasteiger partial charge in [0.25, 0.3) is 0 Å². The number of hydrogen-bond acceptors (Lipinski definition) is 5. The van der Waals surface area contributed by atoms with Gasteiger partial charge in [0.05, 0.1) is 5.56 Å². The minimum absolute atomic E-state index is 0.249. The number of nitrogens with zero attached hydrogens (tertiary/aromatic N) is 3. The lowest BCUT2D eigenvalue weighted by atomic mass is 10.2. The van der Waals surface area contributed by atoms with E-state index in [0.717, 1.165) is 24.0 Å². The SMILES string of the molecule is Cc1c(N)nc(C(C)C)nc1OCCN(C)C1CC1. The second kappa shape index (κ2) is 5.74. The third-order valence-electron chi connectivity index (χ3n) is 3.53. The van der Waals surface area contributed by atoms with Crippen LogP contribution in [0.3, 0.4) is 0 Å². The van der Waals surface area contributed by atoms with Gasteiger partial charge < -0.3 is 15.4 Å². The van der Waals surface area contributed by atoms with E-state index >= 15 is 0 Å². The minimum Gasteiger partial charge on any atom is -0.476 e. The molecule has 0 atom stereocenters. The molecule has 0 spiro atoms. The van der Waals surface area contributed by atoms with Crippen molar-refractivity contribution in [2.75, 3.05) is 25.9 Å². The van der Waals surface area contributed by atoms with Gasteiger partial charge >= 0.3 is 0 Å². The van der Waals surface area contributed by atoms with E-state index in [4.69, 9.17) is 10.5 Å². The fourth-order valence-electron chi connectivity index (χ4n) is 1.91. The summed E-state index contributed by atoms with van der Waals surface area (Å²) in [6.07, 6.45) is 2.63. The second-order valence-corrected chi connectivity index (χ2v) is 5.61. The van der Waals surface area contributed by atoms with Crippen LogP contribution in [-0.2, 0) is 0 Å². The third kappa shape index (κ3) is 3.56. The molecule has 0 aromatic carbocycles. The van der Waals surface area contributed by atoms with Crippen molar-refractivity contribution in [3.05, 3.63) is 11.4 Å². The number of rotatable bonds is 6. The zero-order chi connectivity index (χ0) is 14.0. The molecule has 0 amide bonds. The highest BCUT2D eigenvalue weighted by molar-refractivity contribution is 5.44. The molecule has 0 aliphatic heterocycles. The Kier molecular flexibility index (Phi) is 4.24. The Morgan fingerprint density at radius 3 is 2.63 bits per heavy atom. The first-order valence-electron chi connectivity index (χ1n) is 6.96. The first kappa shape index (κ1) is 14.1. The minimum atomic E-state index is 0.249. The van der Waals surface area contributed by atoms with Gasteiger partial charge in [-0.2, -0.15) is 4.98 Å². The molecule has 5 nitrogen and oxygen atoms in total. The molecule has 1 aromatic heterocycles. The maximum Gasteiger partial charge on any atom is 0.221 e. The Morgan fingerprint density at radius 2 is 2.05 bits per heavy atom. The molecule has 1 fully saturated rings. The van der Waals surface area contributed by atoms with E-state index in [1.54, 1.807) is 0 Å². The lowest BCUT2D eigenvalue weighted by Crippen LogP contribution is -2.26. The largest absolute Gasteiger partial charge is 0.476 e. The number of nitrogen functional groups attached to an aromatic ring is 1. The zero-order valence-electron chi connectivity index (χ0n) is 12.3. The van der Waals surface area contributed by atoms with E-state index in [0.29, 0.717) is 18.3 Å². The van der Waals surface area contributed by atoms with Gasteiger partial charge in [0, 0.05) is 18.5 Å². The molecule has 1 aliphatic carbocycles. The van der Waals surface area contributed by atoms with Crippen LogP contribution in [0.15, 0.2) is 0 Å². The number of hydrogen-bond donors (Lipinski definition) is 1. The Bertz CT molecular complexity index is 443. The molecule has 0 radical (unpaired) electrons. The normalized spacial score (nSPS) is 15.3. The highest BCUT2D eigenvalue weighted by atomic mass is 16.5. The van der Waals surface area contributed by atoms with Gasteiger partial charge in [-0.15, -0.1) is 0 Å². The highest BCUT2D eigenvalue weighted by Gasteiger charge is 2.25. The smallest absolute Gasteiger partial charge is 0.221 e. The monoisotopic (exact) mass is 264 g/mol.